The van der Waals surface area contributed by atoms with Crippen LogP contribution in [0.25, 0.3) is 0 Å². The summed E-state index contributed by atoms with van der Waals surface area (Å²) >= 11 is 5.44. The van der Waals surface area contributed by atoms with E-state index in [0.717, 1.165) is 10.2 Å². The molecule has 86 valence electrons. The fourth-order valence-corrected chi connectivity index (χ4v) is 4.93. The highest BCUT2D eigenvalue weighted by Crippen LogP contribution is 2.38. The second kappa shape index (κ2) is 4.27. The van der Waals surface area contributed by atoms with Crippen molar-refractivity contribution in [2.45, 2.75) is 53.4 Å². The molecule has 0 amide bonds. The van der Waals surface area contributed by atoms with Gasteiger partial charge in [-0.15, -0.1) is 0 Å². The fraction of sp³-hybridized carbons (Fsp3) is 0.750. The van der Waals surface area contributed by atoms with Crippen LogP contribution in [0, 0.1) is 9.24 Å². The van der Waals surface area contributed by atoms with Crippen molar-refractivity contribution in [2.24, 2.45) is 5.41 Å². The van der Waals surface area contributed by atoms with Crippen LogP contribution in [0.1, 0.15) is 52.0 Å². The zero-order valence-corrected chi connectivity index (χ0v) is 12.9. The summed E-state index contributed by atoms with van der Waals surface area (Å²) in [4.78, 5) is 1.48. The summed E-state index contributed by atoms with van der Waals surface area (Å²) in [6.07, 6.45) is 1.10. The molecule has 0 saturated heterocycles. The Labute approximate surface area is 106 Å². The van der Waals surface area contributed by atoms with Gasteiger partial charge in [-0.05, 0) is 22.8 Å². The average Bonchev–Trinajstić information content (AvgIpc) is 2.28. The smallest absolute Gasteiger partial charge is 0.0828 e. The molecule has 0 nitrogen and oxygen atoms in total. The average molecular weight is 260 g/mol. The second-order valence-corrected chi connectivity index (χ2v) is 9.07. The summed E-state index contributed by atoms with van der Waals surface area (Å²) in [6, 6.07) is 0. The number of rotatable bonds is 1. The van der Waals surface area contributed by atoms with Crippen LogP contribution in [0.4, 0.5) is 0 Å². The molecule has 1 rings (SSSR count). The third-order valence-corrected chi connectivity index (χ3v) is 5.68. The van der Waals surface area contributed by atoms with Crippen LogP contribution in [-0.2, 0) is 11.8 Å². The van der Waals surface area contributed by atoms with E-state index in [0.29, 0.717) is 5.41 Å². The molecule has 0 aliphatic rings. The van der Waals surface area contributed by atoms with Gasteiger partial charge in [-0.1, -0.05) is 74.4 Å². The van der Waals surface area contributed by atoms with Gasteiger partial charge in [0.25, 0.3) is 0 Å². The zero-order valence-electron chi connectivity index (χ0n) is 10.4. The van der Waals surface area contributed by atoms with E-state index in [1.165, 1.54) is 10.4 Å². The maximum Gasteiger partial charge on any atom is 0.105 e. The number of hydrogen-bond donors (Lipinski definition) is 0. The zero-order chi connectivity index (χ0) is 11.9. The Balaban J connectivity index is 3.17. The van der Waals surface area contributed by atoms with Gasteiger partial charge in [-0.2, -0.15) is 0 Å². The molecule has 3 heteroatoms. The standard InChI is InChI=1S/C12H20S3/c1-11(2,3)7-8-9(12(4,5)6)14-15-10(8)13/h7H2,1-6H3. The molecule has 0 aliphatic carbocycles. The molecule has 15 heavy (non-hydrogen) atoms. The van der Waals surface area contributed by atoms with Crippen LogP contribution in [0.3, 0.4) is 0 Å². The molecule has 0 atom stereocenters. The summed E-state index contributed by atoms with van der Waals surface area (Å²) in [6.45, 7) is 13.6. The predicted octanol–water partition coefficient (Wildman–Crippen LogP) is 5.43. The summed E-state index contributed by atoms with van der Waals surface area (Å²) in [5.74, 6) is 0. The van der Waals surface area contributed by atoms with Gasteiger partial charge >= 0.3 is 0 Å². The molecule has 0 fully saturated rings. The molecular formula is C12H20S3. The molecule has 1 heterocycles. The van der Waals surface area contributed by atoms with Gasteiger partial charge in [0.1, 0.15) is 3.82 Å². The minimum atomic E-state index is 0.235. The van der Waals surface area contributed by atoms with E-state index in [9.17, 15) is 0 Å². The third-order valence-electron chi connectivity index (χ3n) is 2.11. The molecule has 0 unspecified atom stereocenters. The van der Waals surface area contributed by atoms with E-state index < -0.39 is 0 Å². The fourth-order valence-electron chi connectivity index (χ4n) is 1.53. The van der Waals surface area contributed by atoms with Crippen LogP contribution in [0.5, 0.6) is 0 Å². The lowest BCUT2D eigenvalue weighted by Gasteiger charge is -2.23. The van der Waals surface area contributed by atoms with Crippen molar-refractivity contribution in [3.63, 3.8) is 0 Å². The molecule has 0 radical (unpaired) electrons. The largest absolute Gasteiger partial charge is 0.105 e. The van der Waals surface area contributed by atoms with Crippen molar-refractivity contribution in [1.29, 1.82) is 0 Å². The van der Waals surface area contributed by atoms with Gasteiger partial charge in [-0.3, -0.25) is 0 Å². The first kappa shape index (κ1) is 13.3. The van der Waals surface area contributed by atoms with E-state index in [4.69, 9.17) is 12.2 Å². The Bertz CT molecular complexity index is 382. The van der Waals surface area contributed by atoms with Crippen molar-refractivity contribution < 1.29 is 0 Å². The van der Waals surface area contributed by atoms with Gasteiger partial charge in [0, 0.05) is 4.88 Å². The first-order valence-electron chi connectivity index (χ1n) is 5.24. The van der Waals surface area contributed by atoms with E-state index in [1.54, 1.807) is 10.3 Å². The number of hydrogen-bond acceptors (Lipinski definition) is 3. The Kier molecular flexibility index (Phi) is 3.79. The molecule has 0 N–H and O–H groups in total. The lowest BCUT2D eigenvalue weighted by atomic mass is 9.84. The van der Waals surface area contributed by atoms with Gasteiger partial charge < -0.3 is 0 Å². The lowest BCUT2D eigenvalue weighted by Crippen LogP contribution is -2.16. The lowest BCUT2D eigenvalue weighted by molar-refractivity contribution is 0.407. The van der Waals surface area contributed by atoms with E-state index in [-0.39, 0.29) is 5.41 Å². The molecule has 0 spiro atoms. The quantitative estimate of drug-likeness (QED) is 0.479. The molecule has 1 aromatic rings. The highest BCUT2D eigenvalue weighted by molar-refractivity contribution is 7.79. The Morgan fingerprint density at radius 1 is 1.00 bits per heavy atom. The maximum atomic E-state index is 5.44. The normalized spacial score (nSPS) is 13.2. The van der Waals surface area contributed by atoms with Gasteiger partial charge in [0.2, 0.25) is 0 Å². The Morgan fingerprint density at radius 3 is 1.93 bits per heavy atom. The minimum absolute atomic E-state index is 0.235. The SMILES string of the molecule is CC(C)(C)Cc1c(C(C)(C)C)ssc1=S. The van der Waals surface area contributed by atoms with Crippen LogP contribution >= 0.6 is 32.9 Å². The van der Waals surface area contributed by atoms with Crippen LogP contribution < -0.4 is 0 Å². The molecular weight excluding hydrogens is 240 g/mol. The first-order chi connectivity index (χ1) is 6.61. The van der Waals surface area contributed by atoms with Crippen molar-refractivity contribution in [1.82, 2.24) is 0 Å². The highest BCUT2D eigenvalue weighted by atomic mass is 32.9. The summed E-state index contributed by atoms with van der Waals surface area (Å²) in [5.41, 5.74) is 1.97. The van der Waals surface area contributed by atoms with E-state index in [1.807, 2.05) is 10.3 Å². The van der Waals surface area contributed by atoms with Crippen LogP contribution in [-0.4, -0.2) is 0 Å². The molecule has 0 aliphatic heterocycles. The molecule has 0 bridgehead atoms. The van der Waals surface area contributed by atoms with Crippen LogP contribution in [0.2, 0.25) is 0 Å². The molecule has 0 saturated carbocycles. The topological polar surface area (TPSA) is 0 Å². The summed E-state index contributed by atoms with van der Waals surface area (Å²) in [5, 5.41) is 0. The van der Waals surface area contributed by atoms with E-state index >= 15 is 0 Å². The van der Waals surface area contributed by atoms with Gasteiger partial charge in [0.05, 0.1) is 0 Å². The van der Waals surface area contributed by atoms with Crippen molar-refractivity contribution in [3.05, 3.63) is 14.3 Å². The molecule has 0 aromatic carbocycles. The highest BCUT2D eigenvalue weighted by Gasteiger charge is 2.24. The van der Waals surface area contributed by atoms with Crippen molar-refractivity contribution >= 4 is 32.9 Å². The predicted molar refractivity (Wildman–Crippen MR) is 74.9 cm³/mol. The first-order valence-corrected chi connectivity index (χ1v) is 7.79. The molecule has 1 aromatic heterocycles. The Morgan fingerprint density at radius 2 is 1.53 bits per heavy atom. The minimum Gasteiger partial charge on any atom is -0.0828 e. The monoisotopic (exact) mass is 260 g/mol. The van der Waals surface area contributed by atoms with Crippen molar-refractivity contribution in [3.8, 4) is 0 Å². The summed E-state index contributed by atoms with van der Waals surface area (Å²) < 4.78 is 1.10. The van der Waals surface area contributed by atoms with E-state index in [2.05, 4.69) is 41.5 Å². The third kappa shape index (κ3) is 3.65. The van der Waals surface area contributed by atoms with Crippen LogP contribution in [0.15, 0.2) is 0 Å². The maximum absolute atomic E-state index is 5.44. The Hall–Kier alpha value is 0.270. The summed E-state index contributed by atoms with van der Waals surface area (Å²) in [7, 11) is 3.62. The second-order valence-electron chi connectivity index (χ2n) is 6.25. The van der Waals surface area contributed by atoms with Crippen molar-refractivity contribution in [2.75, 3.05) is 0 Å². The van der Waals surface area contributed by atoms with Gasteiger partial charge in [0.15, 0.2) is 0 Å². The van der Waals surface area contributed by atoms with Gasteiger partial charge in [-0.25, -0.2) is 0 Å².